The van der Waals surface area contributed by atoms with Gasteiger partial charge in [0, 0.05) is 32.4 Å². The molecule has 0 bridgehead atoms. The van der Waals surface area contributed by atoms with Gasteiger partial charge in [-0.15, -0.1) is 11.3 Å². The summed E-state index contributed by atoms with van der Waals surface area (Å²) in [5, 5.41) is 3.33. The Morgan fingerprint density at radius 2 is 1.91 bits per heavy atom. The molecular formula is C24H26N6O3S. The summed E-state index contributed by atoms with van der Waals surface area (Å²) in [6.07, 6.45) is 3.97. The van der Waals surface area contributed by atoms with Crippen molar-refractivity contribution in [1.29, 1.82) is 0 Å². The van der Waals surface area contributed by atoms with Crippen LogP contribution in [0.1, 0.15) is 23.2 Å². The van der Waals surface area contributed by atoms with Gasteiger partial charge in [-0.1, -0.05) is 12.1 Å². The normalized spacial score (nSPS) is 17.2. The number of fused-ring (bicyclic) bond motifs is 5. The molecule has 10 heteroatoms. The Bertz CT molecular complexity index is 1440. The van der Waals surface area contributed by atoms with Crippen molar-refractivity contribution in [2.75, 3.05) is 57.4 Å². The van der Waals surface area contributed by atoms with Crippen molar-refractivity contribution in [3.8, 4) is 0 Å². The second-order valence-electron chi connectivity index (χ2n) is 8.73. The van der Waals surface area contributed by atoms with Gasteiger partial charge in [0.15, 0.2) is 5.65 Å². The lowest BCUT2D eigenvalue weighted by molar-refractivity contribution is 0.0950. The smallest absolute Gasteiger partial charge is 0.258 e. The molecule has 5 heterocycles. The van der Waals surface area contributed by atoms with Crippen LogP contribution in [0.15, 0.2) is 35.3 Å². The van der Waals surface area contributed by atoms with E-state index in [1.807, 2.05) is 28.7 Å². The van der Waals surface area contributed by atoms with Crippen molar-refractivity contribution in [2.24, 2.45) is 0 Å². The van der Waals surface area contributed by atoms with Crippen LogP contribution in [0.3, 0.4) is 0 Å². The molecule has 0 unspecified atom stereocenters. The SMILES string of the molecule is O=C(NCCN1CCCC1)c1c(=O)c2cnc(N3CCOCC3)nc2n2c1sc1ccccc12. The van der Waals surface area contributed by atoms with Crippen LogP contribution in [0.2, 0.25) is 0 Å². The van der Waals surface area contributed by atoms with E-state index in [1.54, 1.807) is 6.20 Å². The summed E-state index contributed by atoms with van der Waals surface area (Å²) in [5.41, 5.74) is 1.29. The summed E-state index contributed by atoms with van der Waals surface area (Å²) in [4.78, 5) is 41.2. The number of rotatable bonds is 5. The van der Waals surface area contributed by atoms with Gasteiger partial charge in [0.1, 0.15) is 10.4 Å². The maximum absolute atomic E-state index is 13.6. The van der Waals surface area contributed by atoms with E-state index in [9.17, 15) is 9.59 Å². The number of nitrogens with zero attached hydrogens (tertiary/aromatic N) is 5. The molecule has 4 aromatic rings. The number of carbonyl (C=O) groups is 1. The average Bonchev–Trinajstić information content (AvgIpc) is 3.52. The van der Waals surface area contributed by atoms with Crippen LogP contribution in [0.4, 0.5) is 5.95 Å². The number of amides is 1. The molecule has 0 spiro atoms. The molecule has 1 aromatic carbocycles. The van der Waals surface area contributed by atoms with E-state index in [0.29, 0.717) is 54.7 Å². The fourth-order valence-electron chi connectivity index (χ4n) is 4.82. The number of likely N-dealkylation sites (tertiary alicyclic amines) is 1. The second-order valence-corrected chi connectivity index (χ2v) is 9.76. The Morgan fingerprint density at radius 3 is 2.74 bits per heavy atom. The molecule has 3 aromatic heterocycles. The maximum Gasteiger partial charge on any atom is 0.258 e. The van der Waals surface area contributed by atoms with Crippen LogP contribution in [0, 0.1) is 0 Å². The largest absolute Gasteiger partial charge is 0.378 e. The molecular weight excluding hydrogens is 452 g/mol. The average molecular weight is 479 g/mol. The third-order valence-corrected chi connectivity index (χ3v) is 7.75. The van der Waals surface area contributed by atoms with Gasteiger partial charge in [0.25, 0.3) is 5.91 Å². The van der Waals surface area contributed by atoms with Crippen LogP contribution in [-0.4, -0.2) is 77.7 Å². The molecule has 2 aliphatic heterocycles. The summed E-state index contributed by atoms with van der Waals surface area (Å²) < 4.78 is 8.39. The first kappa shape index (κ1) is 21.5. The lowest BCUT2D eigenvalue weighted by Gasteiger charge is -2.26. The molecule has 2 saturated heterocycles. The van der Waals surface area contributed by atoms with Crippen molar-refractivity contribution >= 4 is 49.3 Å². The topological polar surface area (TPSA) is 92.1 Å². The molecule has 9 nitrogen and oxygen atoms in total. The van der Waals surface area contributed by atoms with E-state index in [4.69, 9.17) is 9.72 Å². The minimum absolute atomic E-state index is 0.165. The van der Waals surface area contributed by atoms with Gasteiger partial charge < -0.3 is 19.9 Å². The summed E-state index contributed by atoms with van der Waals surface area (Å²) in [5.74, 6) is 0.231. The first-order valence-electron chi connectivity index (χ1n) is 11.8. The molecule has 34 heavy (non-hydrogen) atoms. The number of nitrogens with one attached hydrogen (secondary N) is 1. The Hall–Kier alpha value is -3.08. The van der Waals surface area contributed by atoms with Crippen molar-refractivity contribution in [3.63, 3.8) is 0 Å². The van der Waals surface area contributed by atoms with Gasteiger partial charge in [0.05, 0.1) is 28.8 Å². The number of hydrogen-bond acceptors (Lipinski definition) is 8. The molecule has 6 rings (SSSR count). The molecule has 2 aliphatic rings. The van der Waals surface area contributed by atoms with E-state index in [2.05, 4.69) is 20.1 Å². The fourth-order valence-corrected chi connectivity index (χ4v) is 6.01. The van der Waals surface area contributed by atoms with Gasteiger partial charge in [-0.3, -0.25) is 14.0 Å². The van der Waals surface area contributed by atoms with Gasteiger partial charge >= 0.3 is 0 Å². The predicted octanol–water partition coefficient (Wildman–Crippen LogP) is 2.12. The number of morpholine rings is 1. The van der Waals surface area contributed by atoms with Crippen LogP contribution in [0.25, 0.3) is 26.1 Å². The number of ether oxygens (including phenoxy) is 1. The highest BCUT2D eigenvalue weighted by Crippen LogP contribution is 2.31. The minimum Gasteiger partial charge on any atom is -0.378 e. The van der Waals surface area contributed by atoms with Crippen LogP contribution >= 0.6 is 11.3 Å². The number of carbonyl (C=O) groups excluding carboxylic acids is 1. The number of anilines is 1. The summed E-state index contributed by atoms with van der Waals surface area (Å²) in [6, 6.07) is 7.91. The van der Waals surface area contributed by atoms with Crippen LogP contribution in [-0.2, 0) is 4.74 Å². The number of thiazole rings is 1. The summed E-state index contributed by atoms with van der Waals surface area (Å²) >= 11 is 1.44. The lowest BCUT2D eigenvalue weighted by atomic mass is 10.2. The van der Waals surface area contributed by atoms with Crippen LogP contribution in [0.5, 0.6) is 0 Å². The third kappa shape index (κ3) is 3.71. The highest BCUT2D eigenvalue weighted by atomic mass is 32.1. The molecule has 0 atom stereocenters. The molecule has 176 valence electrons. The monoisotopic (exact) mass is 478 g/mol. The lowest BCUT2D eigenvalue weighted by Crippen LogP contribution is -2.37. The van der Waals surface area contributed by atoms with Crippen molar-refractivity contribution in [2.45, 2.75) is 12.8 Å². The van der Waals surface area contributed by atoms with E-state index in [-0.39, 0.29) is 16.9 Å². The van der Waals surface area contributed by atoms with E-state index < -0.39 is 0 Å². The van der Waals surface area contributed by atoms with Crippen LogP contribution < -0.4 is 15.6 Å². The molecule has 1 N–H and O–H groups in total. The maximum atomic E-state index is 13.6. The van der Waals surface area contributed by atoms with Gasteiger partial charge in [-0.25, -0.2) is 4.98 Å². The zero-order valence-electron chi connectivity index (χ0n) is 18.8. The Balaban J connectivity index is 1.47. The molecule has 0 radical (unpaired) electrons. The number of hydrogen-bond donors (Lipinski definition) is 1. The standard InChI is InChI=1S/C24H26N6O3S/c31-20-16-15-26-24(29-11-13-33-14-12-29)27-21(16)30-17-5-1-2-6-18(17)34-23(30)19(20)22(32)25-7-10-28-8-3-4-9-28/h1-2,5-6,15H,3-4,7-14H2,(H,25,32). The van der Waals surface area contributed by atoms with Crippen molar-refractivity contribution in [3.05, 3.63) is 46.2 Å². The van der Waals surface area contributed by atoms with E-state index in [1.165, 1.54) is 24.2 Å². The summed E-state index contributed by atoms with van der Waals surface area (Å²) in [6.45, 7) is 6.08. The molecule has 0 saturated carbocycles. The Labute approximate surface area is 200 Å². The number of aromatic nitrogens is 3. The third-order valence-electron chi connectivity index (χ3n) is 6.60. The zero-order valence-corrected chi connectivity index (χ0v) is 19.6. The Kier molecular flexibility index (Phi) is 5.64. The fraction of sp³-hybridized carbons (Fsp3) is 0.417. The van der Waals surface area contributed by atoms with Gasteiger partial charge in [0.2, 0.25) is 11.4 Å². The first-order valence-corrected chi connectivity index (χ1v) is 12.6. The highest BCUT2D eigenvalue weighted by molar-refractivity contribution is 7.24. The first-order chi connectivity index (χ1) is 16.7. The van der Waals surface area contributed by atoms with E-state index >= 15 is 0 Å². The summed E-state index contributed by atoms with van der Waals surface area (Å²) in [7, 11) is 0. The zero-order chi connectivity index (χ0) is 23.1. The molecule has 0 aliphatic carbocycles. The predicted molar refractivity (Wildman–Crippen MR) is 133 cm³/mol. The van der Waals surface area contributed by atoms with E-state index in [0.717, 1.165) is 29.9 Å². The molecule has 2 fully saturated rings. The van der Waals surface area contributed by atoms with Gasteiger partial charge in [-0.2, -0.15) is 4.98 Å². The highest BCUT2D eigenvalue weighted by Gasteiger charge is 2.24. The number of benzene rings is 1. The van der Waals surface area contributed by atoms with Gasteiger partial charge in [-0.05, 0) is 38.1 Å². The number of pyridine rings is 1. The van der Waals surface area contributed by atoms with Crippen molar-refractivity contribution < 1.29 is 9.53 Å². The Morgan fingerprint density at radius 1 is 1.12 bits per heavy atom. The van der Waals surface area contributed by atoms with Crippen molar-refractivity contribution in [1.82, 2.24) is 24.6 Å². The minimum atomic E-state index is -0.340. The molecule has 1 amide bonds. The number of para-hydroxylation sites is 1. The quantitative estimate of drug-likeness (QED) is 0.470. The second kappa shape index (κ2) is 8.94.